The number of nitrogens with one attached hydrogen (secondary N) is 2. The van der Waals surface area contributed by atoms with Gasteiger partial charge in [0, 0.05) is 50.6 Å². The predicted octanol–water partition coefficient (Wildman–Crippen LogP) is 4.06. The zero-order chi connectivity index (χ0) is 27.5. The summed E-state index contributed by atoms with van der Waals surface area (Å²) in [6.07, 6.45) is 3.70. The number of benzene rings is 1. The molecule has 12 heteroatoms. The summed E-state index contributed by atoms with van der Waals surface area (Å²) in [5.41, 5.74) is 1.09. The first-order valence-electron chi connectivity index (χ1n) is 14.4. The van der Waals surface area contributed by atoms with Crippen LogP contribution in [0.4, 0.5) is 20.5 Å². The maximum absolute atomic E-state index is 14.1. The van der Waals surface area contributed by atoms with Crippen LogP contribution in [0.25, 0.3) is 16.9 Å². The number of morpholine rings is 1. The summed E-state index contributed by atoms with van der Waals surface area (Å²) in [6, 6.07) is 9.92. The molecule has 216 valence electrons. The van der Waals surface area contributed by atoms with Gasteiger partial charge in [0.05, 0.1) is 24.2 Å². The summed E-state index contributed by atoms with van der Waals surface area (Å²) in [6.45, 7) is 3.27. The van der Waals surface area contributed by atoms with E-state index in [1.54, 1.807) is 24.3 Å². The number of aromatic nitrogens is 4. The summed E-state index contributed by atoms with van der Waals surface area (Å²) in [5.74, 6) is 3.30. The van der Waals surface area contributed by atoms with Crippen LogP contribution in [-0.2, 0) is 15.9 Å². The van der Waals surface area contributed by atoms with Crippen LogP contribution in [0.3, 0.4) is 0 Å². The summed E-state index contributed by atoms with van der Waals surface area (Å²) < 4.78 is 46.8. The molecule has 2 aliphatic heterocycles. The van der Waals surface area contributed by atoms with Crippen LogP contribution in [0, 0.1) is 5.92 Å². The Labute approximate surface area is 236 Å². The minimum Gasteiger partial charge on any atom is -0.616 e. The molecule has 4 heterocycles. The van der Waals surface area contributed by atoms with Gasteiger partial charge in [0.1, 0.15) is 23.1 Å². The van der Waals surface area contributed by atoms with Crippen molar-refractivity contribution >= 4 is 34.0 Å². The van der Waals surface area contributed by atoms with Gasteiger partial charge < -0.3 is 24.8 Å². The molecule has 0 spiro atoms. The molecule has 0 radical (unpaired) electrons. The van der Waals surface area contributed by atoms with E-state index in [9.17, 15) is 13.3 Å². The second kappa shape index (κ2) is 12.5. The van der Waals surface area contributed by atoms with E-state index in [0.717, 1.165) is 56.6 Å². The zero-order valence-corrected chi connectivity index (χ0v) is 23.4. The number of imidazole rings is 1. The van der Waals surface area contributed by atoms with Gasteiger partial charge in [-0.25, -0.2) is 13.8 Å². The Morgan fingerprint density at radius 3 is 2.40 bits per heavy atom. The number of alkyl halides is 2. The molecule has 1 aliphatic carbocycles. The fourth-order valence-corrected chi connectivity index (χ4v) is 7.36. The molecule has 2 saturated heterocycles. The first kappa shape index (κ1) is 27.6. The van der Waals surface area contributed by atoms with Crippen LogP contribution in [-0.4, -0.2) is 80.5 Å². The molecule has 40 heavy (non-hydrogen) atoms. The number of halogens is 2. The number of rotatable bonds is 8. The van der Waals surface area contributed by atoms with Crippen molar-refractivity contribution < 1.29 is 18.1 Å². The van der Waals surface area contributed by atoms with E-state index in [1.807, 2.05) is 6.07 Å². The third-order valence-electron chi connectivity index (χ3n) is 8.30. The molecule has 3 aliphatic rings. The smallest absolute Gasteiger partial charge is 0.296 e. The molecule has 3 aromatic rings. The largest absolute Gasteiger partial charge is 0.616 e. The minimum absolute atomic E-state index is 0.325. The normalized spacial score (nSPS) is 25.9. The SMILES string of the molecule is [O-][S+]1CCC(N[C@H]2CC[C@H](CNc3nc(N4CCOCC4)cc(-n4c(C(F)F)nc5ccccc54)n3)CC2)CC1. The topological polar surface area (TPSA) is 103 Å². The van der Waals surface area contributed by atoms with Gasteiger partial charge in [-0.05, 0) is 43.7 Å². The fourth-order valence-electron chi connectivity index (χ4n) is 6.06. The number of para-hydroxylation sites is 2. The highest BCUT2D eigenvalue weighted by Crippen LogP contribution is 2.30. The van der Waals surface area contributed by atoms with Crippen LogP contribution >= 0.6 is 0 Å². The Morgan fingerprint density at radius 1 is 0.950 bits per heavy atom. The van der Waals surface area contributed by atoms with Crippen LogP contribution in [0.5, 0.6) is 0 Å². The zero-order valence-electron chi connectivity index (χ0n) is 22.6. The van der Waals surface area contributed by atoms with E-state index in [0.29, 0.717) is 72.9 Å². The highest BCUT2D eigenvalue weighted by atomic mass is 32.2. The first-order valence-corrected chi connectivity index (χ1v) is 15.8. The second-order valence-corrected chi connectivity index (χ2v) is 12.7. The van der Waals surface area contributed by atoms with Gasteiger partial charge in [0.25, 0.3) is 6.43 Å². The van der Waals surface area contributed by atoms with Gasteiger partial charge in [0.2, 0.25) is 5.95 Å². The lowest BCUT2D eigenvalue weighted by molar-refractivity contribution is 0.122. The van der Waals surface area contributed by atoms with E-state index in [-0.39, 0.29) is 5.82 Å². The number of hydrogen-bond acceptors (Lipinski definition) is 8. The molecule has 2 aromatic heterocycles. The van der Waals surface area contributed by atoms with Gasteiger partial charge in [-0.2, -0.15) is 9.97 Å². The molecule has 0 bridgehead atoms. The molecule has 1 saturated carbocycles. The van der Waals surface area contributed by atoms with Gasteiger partial charge in [-0.3, -0.25) is 4.57 Å². The van der Waals surface area contributed by atoms with Crippen LogP contribution in [0.2, 0.25) is 0 Å². The Kier molecular flexibility index (Phi) is 8.66. The summed E-state index contributed by atoms with van der Waals surface area (Å²) in [5, 5.41) is 7.24. The quantitative estimate of drug-likeness (QED) is 0.389. The Morgan fingerprint density at radius 2 is 1.65 bits per heavy atom. The van der Waals surface area contributed by atoms with E-state index in [1.165, 1.54) is 4.57 Å². The average molecular weight is 574 g/mol. The van der Waals surface area contributed by atoms with Crippen LogP contribution in [0.15, 0.2) is 30.3 Å². The number of anilines is 2. The van der Waals surface area contributed by atoms with E-state index < -0.39 is 17.6 Å². The molecule has 1 aromatic carbocycles. The van der Waals surface area contributed by atoms with Crippen LogP contribution < -0.4 is 15.5 Å². The monoisotopic (exact) mass is 573 g/mol. The van der Waals surface area contributed by atoms with E-state index in [4.69, 9.17) is 14.7 Å². The van der Waals surface area contributed by atoms with Crippen molar-refractivity contribution in [3.63, 3.8) is 0 Å². The summed E-state index contributed by atoms with van der Waals surface area (Å²) in [4.78, 5) is 15.8. The number of nitrogens with zero attached hydrogens (tertiary/aromatic N) is 5. The highest BCUT2D eigenvalue weighted by molar-refractivity contribution is 7.91. The fraction of sp³-hybridized carbons (Fsp3) is 0.607. The molecule has 0 atom stereocenters. The molecule has 0 amide bonds. The lowest BCUT2D eigenvalue weighted by Crippen LogP contribution is -2.44. The highest BCUT2D eigenvalue weighted by Gasteiger charge is 2.28. The molecule has 6 rings (SSSR count). The third-order valence-corrected chi connectivity index (χ3v) is 9.68. The molecular weight excluding hydrogens is 536 g/mol. The Bertz CT molecular complexity index is 1270. The minimum atomic E-state index is -2.75. The maximum atomic E-state index is 14.1. The van der Waals surface area contributed by atoms with Gasteiger partial charge in [-0.1, -0.05) is 23.3 Å². The Hall–Kier alpha value is -2.54. The lowest BCUT2D eigenvalue weighted by atomic mass is 9.85. The molecule has 9 nitrogen and oxygen atoms in total. The molecule has 3 fully saturated rings. The van der Waals surface area contributed by atoms with Crippen molar-refractivity contribution in [2.45, 2.75) is 57.0 Å². The number of fused-ring (bicyclic) bond motifs is 1. The van der Waals surface area contributed by atoms with Crippen molar-refractivity contribution in [2.75, 3.05) is 54.6 Å². The van der Waals surface area contributed by atoms with E-state index >= 15 is 0 Å². The van der Waals surface area contributed by atoms with Crippen molar-refractivity contribution in [2.24, 2.45) is 5.92 Å². The molecule has 2 N–H and O–H groups in total. The maximum Gasteiger partial charge on any atom is 0.296 e. The standard InChI is InChI=1S/C28H37F2N7O2S/c29-26(30)27-33-22-3-1-2-4-23(22)37(27)25-17-24(36-11-13-39-14-12-36)34-28(35-25)31-18-19-5-7-20(8-6-19)32-21-9-15-40(38)16-10-21/h1-4,17,19-21,26,32H,5-16,18H2,(H,31,34,35)/t19-,20-,21?,40?. The van der Waals surface area contributed by atoms with Gasteiger partial charge >= 0.3 is 0 Å². The van der Waals surface area contributed by atoms with Gasteiger partial charge in [-0.15, -0.1) is 0 Å². The van der Waals surface area contributed by atoms with E-state index in [2.05, 4.69) is 20.5 Å². The second-order valence-electron chi connectivity index (χ2n) is 11.0. The lowest BCUT2D eigenvalue weighted by Gasteiger charge is -2.34. The van der Waals surface area contributed by atoms with Crippen molar-refractivity contribution in [3.05, 3.63) is 36.2 Å². The Balaban J connectivity index is 1.18. The third kappa shape index (κ3) is 6.35. The predicted molar refractivity (Wildman–Crippen MR) is 153 cm³/mol. The summed E-state index contributed by atoms with van der Waals surface area (Å²) >= 11 is -0.632. The van der Waals surface area contributed by atoms with Gasteiger partial charge in [0.15, 0.2) is 5.82 Å². The number of hydrogen-bond donors (Lipinski definition) is 2. The first-order chi connectivity index (χ1) is 19.5. The summed E-state index contributed by atoms with van der Waals surface area (Å²) in [7, 11) is 0. The van der Waals surface area contributed by atoms with Crippen molar-refractivity contribution in [1.82, 2.24) is 24.8 Å². The molecular formula is C28H37F2N7O2S. The van der Waals surface area contributed by atoms with Crippen LogP contribution in [0.1, 0.15) is 50.8 Å². The van der Waals surface area contributed by atoms with Crippen molar-refractivity contribution in [1.29, 1.82) is 0 Å². The van der Waals surface area contributed by atoms with Crippen molar-refractivity contribution in [3.8, 4) is 5.82 Å². The average Bonchev–Trinajstić information content (AvgIpc) is 3.39. The molecule has 0 unspecified atom stereocenters. The number of ether oxygens (including phenoxy) is 1.